The number of carbonyl (C=O) groups excluding carboxylic acids is 1. The largest absolute Gasteiger partial charge is 0.350 e. The summed E-state index contributed by atoms with van der Waals surface area (Å²) in [5, 5.41) is 11.4. The number of nitrogens with zero attached hydrogens (tertiary/aromatic N) is 3. The van der Waals surface area contributed by atoms with E-state index >= 15 is 0 Å². The summed E-state index contributed by atoms with van der Waals surface area (Å²) in [6.07, 6.45) is 2.48. The molecule has 21 heavy (non-hydrogen) atoms. The molecule has 1 aromatic carbocycles. The van der Waals surface area contributed by atoms with Crippen molar-refractivity contribution in [2.24, 2.45) is 5.73 Å². The Morgan fingerprint density at radius 3 is 2.81 bits per heavy atom. The van der Waals surface area contributed by atoms with Crippen LogP contribution in [0.3, 0.4) is 0 Å². The van der Waals surface area contributed by atoms with Crippen LogP contribution in [0.1, 0.15) is 30.6 Å². The Balaban J connectivity index is 1.84. The quantitative estimate of drug-likeness (QED) is 0.850. The number of aromatic nitrogens is 3. The van der Waals surface area contributed by atoms with Crippen LogP contribution < -0.4 is 11.1 Å². The topological polar surface area (TPSA) is 85.8 Å². The first kappa shape index (κ1) is 15.5. The number of rotatable bonds is 6. The summed E-state index contributed by atoms with van der Waals surface area (Å²) in [7, 11) is 0. The van der Waals surface area contributed by atoms with Crippen LogP contribution in [0.15, 0.2) is 30.5 Å². The number of halogens is 1. The number of hydrogen-bond donors (Lipinski definition) is 2. The van der Waals surface area contributed by atoms with Crippen molar-refractivity contribution >= 4 is 17.5 Å². The second-order valence-corrected chi connectivity index (χ2v) is 5.20. The van der Waals surface area contributed by atoms with Gasteiger partial charge in [-0.05, 0) is 24.1 Å². The average molecular weight is 308 g/mol. The smallest absolute Gasteiger partial charge is 0.242 e. The van der Waals surface area contributed by atoms with Crippen LogP contribution in [-0.2, 0) is 17.9 Å². The van der Waals surface area contributed by atoms with Gasteiger partial charge >= 0.3 is 0 Å². The van der Waals surface area contributed by atoms with E-state index in [-0.39, 0.29) is 18.5 Å². The van der Waals surface area contributed by atoms with Gasteiger partial charge in [-0.2, -0.15) is 0 Å². The van der Waals surface area contributed by atoms with Crippen LogP contribution in [0.2, 0.25) is 5.02 Å². The summed E-state index contributed by atoms with van der Waals surface area (Å²) in [6.45, 7) is 2.55. The Morgan fingerprint density at radius 2 is 2.14 bits per heavy atom. The van der Waals surface area contributed by atoms with E-state index in [0.717, 1.165) is 12.0 Å². The van der Waals surface area contributed by atoms with Gasteiger partial charge in [0, 0.05) is 11.6 Å². The predicted molar refractivity (Wildman–Crippen MR) is 80.5 cm³/mol. The predicted octanol–water partition coefficient (Wildman–Crippen LogP) is 1.66. The highest BCUT2D eigenvalue weighted by atomic mass is 35.5. The number of nitrogens with two attached hydrogens (primary N) is 1. The molecule has 2 rings (SSSR count). The van der Waals surface area contributed by atoms with Crippen molar-refractivity contribution in [1.82, 2.24) is 20.3 Å². The van der Waals surface area contributed by atoms with Crippen LogP contribution in [0.4, 0.5) is 0 Å². The zero-order chi connectivity index (χ0) is 15.2. The lowest BCUT2D eigenvalue weighted by Crippen LogP contribution is -2.27. The molecular weight excluding hydrogens is 290 g/mol. The molecule has 1 unspecified atom stereocenters. The van der Waals surface area contributed by atoms with Crippen molar-refractivity contribution in [2.75, 3.05) is 0 Å². The Kier molecular flexibility index (Phi) is 5.30. The summed E-state index contributed by atoms with van der Waals surface area (Å²) in [5.74, 6) is -0.133. The average Bonchev–Trinajstić information content (AvgIpc) is 2.94. The van der Waals surface area contributed by atoms with Crippen molar-refractivity contribution in [2.45, 2.75) is 32.5 Å². The van der Waals surface area contributed by atoms with Crippen LogP contribution in [0, 0.1) is 0 Å². The fourth-order valence-corrected chi connectivity index (χ4v) is 1.90. The lowest BCUT2D eigenvalue weighted by molar-refractivity contribution is -0.122. The number of carbonyl (C=O) groups is 1. The Labute approximate surface area is 128 Å². The summed E-state index contributed by atoms with van der Waals surface area (Å²) in [5.41, 5.74) is 7.54. The Hall–Kier alpha value is -1.92. The molecular formula is C14H18ClN5O. The molecule has 0 aliphatic rings. The molecule has 0 bridgehead atoms. The van der Waals surface area contributed by atoms with Gasteiger partial charge in [-0.25, -0.2) is 4.68 Å². The molecule has 1 amide bonds. The normalized spacial score (nSPS) is 12.1. The molecule has 0 spiro atoms. The van der Waals surface area contributed by atoms with E-state index in [1.54, 1.807) is 18.3 Å². The second kappa shape index (κ2) is 7.19. The number of amides is 1. The minimum absolute atomic E-state index is 0.122. The maximum Gasteiger partial charge on any atom is 0.242 e. The highest BCUT2D eigenvalue weighted by molar-refractivity contribution is 6.30. The maximum atomic E-state index is 11.8. The highest BCUT2D eigenvalue weighted by Crippen LogP contribution is 2.10. The van der Waals surface area contributed by atoms with Crippen molar-refractivity contribution in [3.05, 3.63) is 46.7 Å². The van der Waals surface area contributed by atoms with Crippen molar-refractivity contribution in [3.63, 3.8) is 0 Å². The molecule has 112 valence electrons. The minimum Gasteiger partial charge on any atom is -0.350 e. The fourth-order valence-electron chi connectivity index (χ4n) is 1.78. The van der Waals surface area contributed by atoms with Gasteiger partial charge in [0.25, 0.3) is 0 Å². The van der Waals surface area contributed by atoms with E-state index in [0.29, 0.717) is 17.3 Å². The van der Waals surface area contributed by atoms with Crippen LogP contribution in [0.5, 0.6) is 0 Å². The lowest BCUT2D eigenvalue weighted by Gasteiger charge is -2.05. The van der Waals surface area contributed by atoms with E-state index in [2.05, 4.69) is 15.6 Å². The minimum atomic E-state index is -0.143. The molecule has 0 saturated carbocycles. The van der Waals surface area contributed by atoms with Gasteiger partial charge in [-0.3, -0.25) is 4.79 Å². The first-order valence-corrected chi connectivity index (χ1v) is 7.13. The third-order valence-corrected chi connectivity index (χ3v) is 3.34. The van der Waals surface area contributed by atoms with Gasteiger partial charge in [0.15, 0.2) is 0 Å². The molecule has 0 saturated heterocycles. The Morgan fingerprint density at radius 1 is 1.43 bits per heavy atom. The Bertz CT molecular complexity index is 596. The van der Waals surface area contributed by atoms with E-state index in [1.165, 1.54) is 4.68 Å². The summed E-state index contributed by atoms with van der Waals surface area (Å²) < 4.78 is 1.49. The number of benzene rings is 1. The molecule has 0 aliphatic heterocycles. The summed E-state index contributed by atoms with van der Waals surface area (Å²) in [4.78, 5) is 11.8. The van der Waals surface area contributed by atoms with Gasteiger partial charge in [0.2, 0.25) is 5.91 Å². The summed E-state index contributed by atoms with van der Waals surface area (Å²) >= 11 is 5.81. The third-order valence-electron chi connectivity index (χ3n) is 3.08. The molecule has 6 nitrogen and oxygen atoms in total. The van der Waals surface area contributed by atoms with Crippen LogP contribution in [0.25, 0.3) is 0 Å². The van der Waals surface area contributed by atoms with Crippen LogP contribution in [-0.4, -0.2) is 20.9 Å². The van der Waals surface area contributed by atoms with E-state index in [1.807, 2.05) is 19.1 Å². The molecule has 0 fully saturated rings. The first-order valence-electron chi connectivity index (χ1n) is 6.75. The van der Waals surface area contributed by atoms with Gasteiger partial charge in [0.05, 0.1) is 17.9 Å². The first-order chi connectivity index (χ1) is 10.1. The number of nitrogens with one attached hydrogen (secondary N) is 1. The van der Waals surface area contributed by atoms with Gasteiger partial charge in [0.1, 0.15) is 6.54 Å². The molecule has 2 aromatic rings. The van der Waals surface area contributed by atoms with Crippen LogP contribution >= 0.6 is 11.6 Å². The standard InChI is InChI=1S/C14H18ClN5O/c1-2-12(16)13-8-20(19-18-13)9-14(21)17-7-10-3-5-11(15)6-4-10/h3-6,8,12H,2,7,9,16H2,1H3,(H,17,21). The van der Waals surface area contributed by atoms with E-state index in [4.69, 9.17) is 17.3 Å². The van der Waals surface area contributed by atoms with Crippen molar-refractivity contribution < 1.29 is 4.79 Å². The molecule has 1 atom stereocenters. The SMILES string of the molecule is CCC(N)c1cn(CC(=O)NCc2ccc(Cl)cc2)nn1. The van der Waals surface area contributed by atoms with E-state index in [9.17, 15) is 4.79 Å². The molecule has 3 N–H and O–H groups in total. The van der Waals surface area contributed by atoms with Crippen molar-refractivity contribution in [1.29, 1.82) is 0 Å². The molecule has 1 aromatic heterocycles. The molecule has 0 aliphatic carbocycles. The highest BCUT2D eigenvalue weighted by Gasteiger charge is 2.10. The summed E-state index contributed by atoms with van der Waals surface area (Å²) in [6, 6.07) is 7.18. The van der Waals surface area contributed by atoms with Gasteiger partial charge in [-0.15, -0.1) is 5.10 Å². The third kappa shape index (κ3) is 4.54. The molecule has 0 radical (unpaired) electrons. The van der Waals surface area contributed by atoms with E-state index < -0.39 is 0 Å². The zero-order valence-electron chi connectivity index (χ0n) is 11.8. The lowest BCUT2D eigenvalue weighted by atomic mass is 10.2. The van der Waals surface area contributed by atoms with Crippen molar-refractivity contribution in [3.8, 4) is 0 Å². The monoisotopic (exact) mass is 307 g/mol. The number of hydrogen-bond acceptors (Lipinski definition) is 4. The van der Waals surface area contributed by atoms with Gasteiger partial charge in [-0.1, -0.05) is 35.9 Å². The second-order valence-electron chi connectivity index (χ2n) is 4.76. The zero-order valence-corrected chi connectivity index (χ0v) is 12.5. The molecule has 1 heterocycles. The van der Waals surface area contributed by atoms with Gasteiger partial charge < -0.3 is 11.1 Å². The fraction of sp³-hybridized carbons (Fsp3) is 0.357. The molecule has 7 heteroatoms. The maximum absolute atomic E-state index is 11.8.